The fourth-order valence-electron chi connectivity index (χ4n) is 1.23. The van der Waals surface area contributed by atoms with Crippen molar-refractivity contribution >= 4 is 21.9 Å². The molecule has 78 valence electrons. The van der Waals surface area contributed by atoms with Gasteiger partial charge in [0.2, 0.25) is 0 Å². The molecule has 1 aliphatic rings. The number of carbonyl (C=O) groups is 1. The van der Waals surface area contributed by atoms with Crippen LogP contribution in [-0.2, 0) is 14.3 Å². The highest BCUT2D eigenvalue weighted by molar-refractivity contribution is 9.12. The molecule has 0 amide bonds. The van der Waals surface area contributed by atoms with Gasteiger partial charge in [0, 0.05) is 6.42 Å². The molecule has 14 heavy (non-hydrogen) atoms. The summed E-state index contributed by atoms with van der Waals surface area (Å²) in [7, 11) is 3.00. The van der Waals surface area contributed by atoms with Gasteiger partial charge < -0.3 is 14.6 Å². The lowest BCUT2D eigenvalue weighted by molar-refractivity contribution is -0.140. The summed E-state index contributed by atoms with van der Waals surface area (Å²) in [6, 6.07) is 0. The maximum Gasteiger partial charge on any atom is 0.310 e. The standard InChI is InChI=1S/C9H11BrO4/c1-13-6-3-5(9(11)12)4-7(14-2)8(6)10/h3,5H,4H2,1-2H3,(H,11,12). The zero-order valence-corrected chi connectivity index (χ0v) is 9.50. The number of carboxylic acid groups (broad SMARTS) is 1. The Hall–Kier alpha value is -0.970. The van der Waals surface area contributed by atoms with Crippen LogP contribution in [0.3, 0.4) is 0 Å². The molecule has 5 heteroatoms. The van der Waals surface area contributed by atoms with Crippen LogP contribution in [0, 0.1) is 5.92 Å². The highest BCUT2D eigenvalue weighted by atomic mass is 79.9. The lowest BCUT2D eigenvalue weighted by Gasteiger charge is -2.20. The van der Waals surface area contributed by atoms with Gasteiger partial charge in [0.15, 0.2) is 0 Å². The third kappa shape index (κ3) is 2.09. The van der Waals surface area contributed by atoms with Crippen molar-refractivity contribution in [1.29, 1.82) is 0 Å². The van der Waals surface area contributed by atoms with Gasteiger partial charge in [0.25, 0.3) is 0 Å². The minimum absolute atomic E-state index is 0.347. The monoisotopic (exact) mass is 262 g/mol. The number of allylic oxidation sites excluding steroid dienone is 2. The van der Waals surface area contributed by atoms with Crippen molar-refractivity contribution in [2.24, 2.45) is 5.92 Å². The fraction of sp³-hybridized carbons (Fsp3) is 0.444. The van der Waals surface area contributed by atoms with Gasteiger partial charge in [-0.15, -0.1) is 0 Å². The molecule has 1 atom stereocenters. The zero-order chi connectivity index (χ0) is 10.7. The minimum atomic E-state index is -0.880. The number of carboxylic acids is 1. The van der Waals surface area contributed by atoms with Crippen LogP contribution in [0.2, 0.25) is 0 Å². The number of methoxy groups -OCH3 is 2. The second-order valence-electron chi connectivity index (χ2n) is 2.83. The van der Waals surface area contributed by atoms with Gasteiger partial charge in [-0.2, -0.15) is 0 Å². The molecule has 0 saturated carbocycles. The van der Waals surface area contributed by atoms with E-state index in [0.717, 1.165) is 0 Å². The van der Waals surface area contributed by atoms with E-state index < -0.39 is 11.9 Å². The number of hydrogen-bond acceptors (Lipinski definition) is 3. The third-order valence-electron chi connectivity index (χ3n) is 2.00. The Morgan fingerprint density at radius 3 is 2.64 bits per heavy atom. The summed E-state index contributed by atoms with van der Waals surface area (Å²) in [5.41, 5.74) is 0. The largest absolute Gasteiger partial charge is 0.500 e. The Labute approximate surface area is 90.3 Å². The van der Waals surface area contributed by atoms with Crippen LogP contribution in [0.25, 0.3) is 0 Å². The van der Waals surface area contributed by atoms with Crippen molar-refractivity contribution < 1.29 is 19.4 Å². The molecule has 0 heterocycles. The molecule has 0 saturated heterocycles. The van der Waals surface area contributed by atoms with Crippen LogP contribution < -0.4 is 0 Å². The van der Waals surface area contributed by atoms with Gasteiger partial charge in [0.05, 0.1) is 24.6 Å². The summed E-state index contributed by atoms with van der Waals surface area (Å²) in [6.07, 6.45) is 1.91. The normalized spacial score (nSPS) is 21.6. The molecule has 1 rings (SSSR count). The van der Waals surface area contributed by atoms with Crippen LogP contribution >= 0.6 is 15.9 Å². The Kier molecular flexibility index (Phi) is 3.57. The first-order valence-corrected chi connectivity index (χ1v) is 4.81. The van der Waals surface area contributed by atoms with Crippen LogP contribution in [0.5, 0.6) is 0 Å². The summed E-state index contributed by atoms with van der Waals surface area (Å²) in [5, 5.41) is 8.86. The molecule has 0 spiro atoms. The SMILES string of the molecule is COC1=CC(C(=O)O)CC(OC)=C1Br. The molecule has 4 nitrogen and oxygen atoms in total. The average Bonchev–Trinajstić information content (AvgIpc) is 2.17. The van der Waals surface area contributed by atoms with Gasteiger partial charge >= 0.3 is 5.97 Å². The van der Waals surface area contributed by atoms with Crippen molar-refractivity contribution in [1.82, 2.24) is 0 Å². The molecule has 0 aromatic rings. The first-order chi connectivity index (χ1) is 6.60. The molecule has 0 aromatic carbocycles. The number of ether oxygens (including phenoxy) is 2. The molecular formula is C9H11BrO4. The van der Waals surface area contributed by atoms with E-state index in [4.69, 9.17) is 14.6 Å². The molecule has 0 aromatic heterocycles. The third-order valence-corrected chi connectivity index (χ3v) is 2.84. The molecule has 0 radical (unpaired) electrons. The van der Waals surface area contributed by atoms with Crippen LogP contribution in [0.1, 0.15) is 6.42 Å². The van der Waals surface area contributed by atoms with Gasteiger partial charge in [0.1, 0.15) is 11.5 Å². The summed E-state index contributed by atoms with van der Waals surface area (Å²) >= 11 is 3.29. The number of aliphatic carboxylic acids is 1. The first-order valence-electron chi connectivity index (χ1n) is 4.01. The van der Waals surface area contributed by atoms with Crippen molar-refractivity contribution in [3.8, 4) is 0 Å². The van der Waals surface area contributed by atoms with Crippen molar-refractivity contribution in [3.63, 3.8) is 0 Å². The maximum absolute atomic E-state index is 10.8. The second kappa shape index (κ2) is 4.50. The maximum atomic E-state index is 10.8. The molecular weight excluding hydrogens is 252 g/mol. The molecule has 0 bridgehead atoms. The van der Waals surface area contributed by atoms with Gasteiger partial charge in [-0.05, 0) is 22.0 Å². The van der Waals surface area contributed by atoms with Crippen molar-refractivity contribution in [2.75, 3.05) is 14.2 Å². The average molecular weight is 263 g/mol. The van der Waals surface area contributed by atoms with Crippen LogP contribution in [-0.4, -0.2) is 25.3 Å². The molecule has 1 unspecified atom stereocenters. The van der Waals surface area contributed by atoms with E-state index in [0.29, 0.717) is 22.4 Å². The Morgan fingerprint density at radius 1 is 1.57 bits per heavy atom. The lowest BCUT2D eigenvalue weighted by Crippen LogP contribution is -2.17. The zero-order valence-electron chi connectivity index (χ0n) is 7.91. The quantitative estimate of drug-likeness (QED) is 0.844. The molecule has 1 N–H and O–H groups in total. The van der Waals surface area contributed by atoms with E-state index in [1.165, 1.54) is 14.2 Å². The van der Waals surface area contributed by atoms with E-state index in [1.807, 2.05) is 0 Å². The molecule has 0 aliphatic heterocycles. The summed E-state index contributed by atoms with van der Waals surface area (Å²) < 4.78 is 10.8. The Morgan fingerprint density at radius 2 is 2.21 bits per heavy atom. The summed E-state index contributed by atoms with van der Waals surface area (Å²) in [4.78, 5) is 10.8. The number of halogens is 1. The fourth-order valence-corrected chi connectivity index (χ4v) is 1.85. The van der Waals surface area contributed by atoms with Crippen LogP contribution in [0.4, 0.5) is 0 Å². The lowest BCUT2D eigenvalue weighted by atomic mass is 9.98. The summed E-state index contributed by atoms with van der Waals surface area (Å²) in [5.74, 6) is -0.368. The minimum Gasteiger partial charge on any atom is -0.500 e. The number of hydrogen-bond donors (Lipinski definition) is 1. The van der Waals surface area contributed by atoms with E-state index >= 15 is 0 Å². The molecule has 0 fully saturated rings. The van der Waals surface area contributed by atoms with Gasteiger partial charge in [-0.3, -0.25) is 4.79 Å². The summed E-state index contributed by atoms with van der Waals surface area (Å²) in [6.45, 7) is 0. The van der Waals surface area contributed by atoms with E-state index in [-0.39, 0.29) is 0 Å². The second-order valence-corrected chi connectivity index (χ2v) is 3.62. The Bertz CT molecular complexity index is 306. The highest BCUT2D eigenvalue weighted by Gasteiger charge is 2.26. The van der Waals surface area contributed by atoms with E-state index in [2.05, 4.69) is 15.9 Å². The predicted molar refractivity (Wildman–Crippen MR) is 53.8 cm³/mol. The predicted octanol–water partition coefficient (Wildman–Crippen LogP) is 1.87. The topological polar surface area (TPSA) is 55.8 Å². The highest BCUT2D eigenvalue weighted by Crippen LogP contribution is 2.33. The van der Waals surface area contributed by atoms with E-state index in [9.17, 15) is 4.79 Å². The van der Waals surface area contributed by atoms with Gasteiger partial charge in [-0.1, -0.05) is 0 Å². The van der Waals surface area contributed by atoms with E-state index in [1.54, 1.807) is 6.08 Å². The van der Waals surface area contributed by atoms with Crippen molar-refractivity contribution in [3.05, 3.63) is 22.1 Å². The first kappa shape index (κ1) is 11.1. The van der Waals surface area contributed by atoms with Gasteiger partial charge in [-0.25, -0.2) is 0 Å². The van der Waals surface area contributed by atoms with Crippen molar-refractivity contribution in [2.45, 2.75) is 6.42 Å². The molecule has 1 aliphatic carbocycles. The number of rotatable bonds is 3. The van der Waals surface area contributed by atoms with Crippen LogP contribution in [0.15, 0.2) is 22.1 Å². The smallest absolute Gasteiger partial charge is 0.310 e. The Balaban J connectivity index is 2.98.